The van der Waals surface area contributed by atoms with E-state index in [9.17, 15) is 13.2 Å². The maximum atomic E-state index is 12.5. The highest BCUT2D eigenvalue weighted by atomic mass is 32.2. The van der Waals surface area contributed by atoms with Crippen LogP contribution in [-0.4, -0.2) is 59.7 Å². The van der Waals surface area contributed by atoms with Gasteiger partial charge in [0.25, 0.3) is 5.91 Å². The fourth-order valence-electron chi connectivity index (χ4n) is 2.44. The molecule has 1 aliphatic heterocycles. The number of aromatic nitrogens is 2. The Balaban J connectivity index is 1.68. The highest BCUT2D eigenvalue weighted by Crippen LogP contribution is 2.17. The van der Waals surface area contributed by atoms with Crippen LogP contribution in [0.4, 0.5) is 0 Å². The fourth-order valence-corrected chi connectivity index (χ4v) is 3.89. The largest absolute Gasteiger partial charge is 0.335 e. The molecule has 3 rings (SSSR count). The minimum atomic E-state index is -3.51. The second-order valence-corrected chi connectivity index (χ2v) is 7.04. The molecule has 1 aliphatic rings. The smallest absolute Gasteiger partial charge is 0.274 e. The van der Waals surface area contributed by atoms with Crippen LogP contribution in [0, 0.1) is 0 Å². The van der Waals surface area contributed by atoms with E-state index in [-0.39, 0.29) is 29.6 Å². The minimum Gasteiger partial charge on any atom is -0.335 e. The van der Waals surface area contributed by atoms with Gasteiger partial charge in [0.05, 0.1) is 11.1 Å². The van der Waals surface area contributed by atoms with Crippen LogP contribution in [0.5, 0.6) is 0 Å². The van der Waals surface area contributed by atoms with Crippen molar-refractivity contribution in [1.82, 2.24) is 19.2 Å². The molecule has 2 heterocycles. The second-order valence-electron chi connectivity index (χ2n) is 5.10. The van der Waals surface area contributed by atoms with Gasteiger partial charge in [0.1, 0.15) is 5.69 Å². The van der Waals surface area contributed by atoms with Gasteiger partial charge in [-0.15, -0.1) is 0 Å². The average molecular weight is 332 g/mol. The Hall–Kier alpha value is -2.32. The molecule has 1 amide bonds. The number of benzene rings is 1. The molecule has 0 unspecified atom stereocenters. The number of rotatable bonds is 3. The summed E-state index contributed by atoms with van der Waals surface area (Å²) in [6, 6.07) is 8.32. The number of piperazine rings is 1. The Morgan fingerprint density at radius 2 is 1.70 bits per heavy atom. The predicted molar refractivity (Wildman–Crippen MR) is 83.1 cm³/mol. The Kier molecular flexibility index (Phi) is 4.35. The molecule has 0 bridgehead atoms. The van der Waals surface area contributed by atoms with E-state index in [1.165, 1.54) is 22.9 Å². The third-order valence-corrected chi connectivity index (χ3v) is 5.60. The number of nitrogens with zero attached hydrogens (tertiary/aromatic N) is 4. The van der Waals surface area contributed by atoms with E-state index in [2.05, 4.69) is 9.97 Å². The quantitative estimate of drug-likeness (QED) is 0.823. The third-order valence-electron chi connectivity index (χ3n) is 3.69. The van der Waals surface area contributed by atoms with Gasteiger partial charge in [-0.25, -0.2) is 13.4 Å². The Morgan fingerprint density at radius 3 is 2.30 bits per heavy atom. The second kappa shape index (κ2) is 6.43. The van der Waals surface area contributed by atoms with Crippen LogP contribution in [0.15, 0.2) is 53.8 Å². The third kappa shape index (κ3) is 3.22. The summed E-state index contributed by atoms with van der Waals surface area (Å²) in [5, 5.41) is 0. The molecule has 0 saturated carbocycles. The first-order valence-corrected chi connectivity index (χ1v) is 8.63. The molecule has 0 aliphatic carbocycles. The summed E-state index contributed by atoms with van der Waals surface area (Å²) in [4.78, 5) is 22.0. The molecule has 7 nitrogen and oxygen atoms in total. The number of hydrogen-bond donors (Lipinski definition) is 0. The maximum Gasteiger partial charge on any atom is 0.274 e. The highest BCUT2D eigenvalue weighted by Gasteiger charge is 2.30. The number of sulfonamides is 1. The minimum absolute atomic E-state index is 0.227. The van der Waals surface area contributed by atoms with Crippen molar-refractivity contribution < 1.29 is 13.2 Å². The van der Waals surface area contributed by atoms with Crippen molar-refractivity contribution >= 4 is 15.9 Å². The van der Waals surface area contributed by atoms with Crippen molar-refractivity contribution in [2.75, 3.05) is 26.2 Å². The van der Waals surface area contributed by atoms with Gasteiger partial charge in [0, 0.05) is 38.6 Å². The first-order valence-electron chi connectivity index (χ1n) is 7.19. The van der Waals surface area contributed by atoms with Crippen LogP contribution in [0.3, 0.4) is 0 Å². The summed E-state index contributed by atoms with van der Waals surface area (Å²) in [7, 11) is -3.51. The topological polar surface area (TPSA) is 83.5 Å². The lowest BCUT2D eigenvalue weighted by atomic mass is 10.3. The lowest BCUT2D eigenvalue weighted by Gasteiger charge is -2.33. The lowest BCUT2D eigenvalue weighted by Crippen LogP contribution is -2.50. The number of carbonyl (C=O) groups excluding carboxylic acids is 1. The van der Waals surface area contributed by atoms with E-state index in [1.54, 1.807) is 35.2 Å². The molecule has 8 heteroatoms. The van der Waals surface area contributed by atoms with Gasteiger partial charge in [0.15, 0.2) is 0 Å². The summed E-state index contributed by atoms with van der Waals surface area (Å²) in [6.45, 7) is 1.20. The molecule has 23 heavy (non-hydrogen) atoms. The Morgan fingerprint density at radius 1 is 1.00 bits per heavy atom. The molecule has 120 valence electrons. The molecule has 1 saturated heterocycles. The van der Waals surface area contributed by atoms with Gasteiger partial charge >= 0.3 is 0 Å². The molecule has 1 fully saturated rings. The monoisotopic (exact) mass is 332 g/mol. The first kappa shape index (κ1) is 15.6. The summed E-state index contributed by atoms with van der Waals surface area (Å²) >= 11 is 0. The molecule has 1 aromatic carbocycles. The van der Waals surface area contributed by atoms with Crippen molar-refractivity contribution in [3.05, 3.63) is 54.6 Å². The standard InChI is InChI=1S/C15H16N4O3S/c20-15(14-12-16-6-7-17-14)18-8-10-19(11-9-18)23(21,22)13-4-2-1-3-5-13/h1-7,12H,8-11H2. The summed E-state index contributed by atoms with van der Waals surface area (Å²) < 4.78 is 26.5. The van der Waals surface area contributed by atoms with E-state index < -0.39 is 10.0 Å². The van der Waals surface area contributed by atoms with Gasteiger partial charge in [-0.1, -0.05) is 18.2 Å². The molecule has 0 N–H and O–H groups in total. The average Bonchev–Trinajstić information content (AvgIpc) is 2.63. The fraction of sp³-hybridized carbons (Fsp3) is 0.267. The molecule has 0 spiro atoms. The molecule has 2 aromatic rings. The van der Waals surface area contributed by atoms with E-state index in [0.29, 0.717) is 13.1 Å². The molecule has 0 radical (unpaired) electrons. The van der Waals surface area contributed by atoms with Crippen molar-refractivity contribution in [2.24, 2.45) is 0 Å². The SMILES string of the molecule is O=C(c1cnccn1)N1CCN(S(=O)(=O)c2ccccc2)CC1. The van der Waals surface area contributed by atoms with Crippen LogP contribution >= 0.6 is 0 Å². The Bertz CT molecular complexity index is 773. The van der Waals surface area contributed by atoms with E-state index >= 15 is 0 Å². The number of hydrogen-bond acceptors (Lipinski definition) is 5. The zero-order chi connectivity index (χ0) is 16.3. The molecular formula is C15H16N4O3S. The summed E-state index contributed by atoms with van der Waals surface area (Å²) in [5.74, 6) is -0.227. The van der Waals surface area contributed by atoms with Crippen molar-refractivity contribution in [1.29, 1.82) is 0 Å². The highest BCUT2D eigenvalue weighted by molar-refractivity contribution is 7.89. The molecule has 0 atom stereocenters. The predicted octanol–water partition coefficient (Wildman–Crippen LogP) is 0.623. The van der Waals surface area contributed by atoms with E-state index in [1.807, 2.05) is 0 Å². The van der Waals surface area contributed by atoms with E-state index in [0.717, 1.165) is 0 Å². The molecular weight excluding hydrogens is 316 g/mol. The lowest BCUT2D eigenvalue weighted by molar-refractivity contribution is 0.0691. The van der Waals surface area contributed by atoms with Gasteiger partial charge < -0.3 is 4.90 Å². The summed E-state index contributed by atoms with van der Waals surface area (Å²) in [6.07, 6.45) is 4.37. The Labute approximate surface area is 134 Å². The van der Waals surface area contributed by atoms with Crippen molar-refractivity contribution in [3.63, 3.8) is 0 Å². The van der Waals surface area contributed by atoms with Gasteiger partial charge in [-0.2, -0.15) is 4.31 Å². The zero-order valence-electron chi connectivity index (χ0n) is 12.4. The van der Waals surface area contributed by atoms with Crippen LogP contribution < -0.4 is 0 Å². The van der Waals surface area contributed by atoms with Crippen molar-refractivity contribution in [3.8, 4) is 0 Å². The normalized spacial score (nSPS) is 16.3. The van der Waals surface area contributed by atoms with Crippen LogP contribution in [-0.2, 0) is 10.0 Å². The number of amides is 1. The first-order chi connectivity index (χ1) is 11.1. The van der Waals surface area contributed by atoms with Crippen LogP contribution in [0.1, 0.15) is 10.5 Å². The van der Waals surface area contributed by atoms with Crippen LogP contribution in [0.2, 0.25) is 0 Å². The van der Waals surface area contributed by atoms with Crippen molar-refractivity contribution in [2.45, 2.75) is 4.90 Å². The van der Waals surface area contributed by atoms with Crippen LogP contribution in [0.25, 0.3) is 0 Å². The van der Waals surface area contributed by atoms with E-state index in [4.69, 9.17) is 0 Å². The van der Waals surface area contributed by atoms with Gasteiger partial charge in [0.2, 0.25) is 10.0 Å². The summed E-state index contributed by atoms with van der Waals surface area (Å²) in [5.41, 5.74) is 0.270. The molecule has 1 aromatic heterocycles. The zero-order valence-corrected chi connectivity index (χ0v) is 13.2. The maximum absolute atomic E-state index is 12.5. The van der Waals surface area contributed by atoms with Gasteiger partial charge in [-0.3, -0.25) is 9.78 Å². The number of carbonyl (C=O) groups is 1. The van der Waals surface area contributed by atoms with Gasteiger partial charge in [-0.05, 0) is 12.1 Å².